The molecule has 0 saturated carbocycles. The van der Waals surface area contributed by atoms with E-state index in [1.165, 1.54) is 18.2 Å². The van der Waals surface area contributed by atoms with Gasteiger partial charge in [0.25, 0.3) is 0 Å². The van der Waals surface area contributed by atoms with E-state index in [1.807, 2.05) is 69.8 Å². The van der Waals surface area contributed by atoms with Crippen LogP contribution < -0.4 is 0 Å². The van der Waals surface area contributed by atoms with E-state index in [9.17, 15) is 29.0 Å². The minimum atomic E-state index is -4.67. The molecule has 0 amide bonds. The maximum atomic E-state index is 14.4. The van der Waals surface area contributed by atoms with Crippen LogP contribution in [0.25, 0.3) is 66.1 Å². The summed E-state index contributed by atoms with van der Waals surface area (Å²) in [6.07, 6.45) is -4.67. The summed E-state index contributed by atoms with van der Waals surface area (Å²) in [5, 5.41) is 33.7. The predicted octanol–water partition coefficient (Wildman–Crippen LogP) is 10.2. The molecular weight excluding hydrogens is 607 g/mol. The molecule has 2 aromatic heterocycles. The highest BCUT2D eigenvalue weighted by Gasteiger charge is 2.34. The quantitative estimate of drug-likeness (QED) is 0.195. The second-order valence-corrected chi connectivity index (χ2v) is 11.4. The van der Waals surface area contributed by atoms with Gasteiger partial charge in [0.05, 0.1) is 73.9 Å². The molecule has 0 saturated heterocycles. The lowest BCUT2D eigenvalue weighted by atomic mass is 9.94. The molecular formula is C40H20F3N5. The minimum absolute atomic E-state index is 0.0475. The normalized spacial score (nSPS) is 11.6. The number of nitrogens with zero attached hydrogens (tertiary/aromatic N) is 5. The molecule has 0 N–H and O–H groups in total. The molecule has 0 aliphatic carbocycles. The molecule has 6 aromatic carbocycles. The number of para-hydroxylation sites is 2. The van der Waals surface area contributed by atoms with E-state index in [0.29, 0.717) is 33.5 Å². The number of rotatable bonds is 3. The Labute approximate surface area is 271 Å². The van der Waals surface area contributed by atoms with Crippen LogP contribution in [0.15, 0.2) is 121 Å². The van der Waals surface area contributed by atoms with Crippen molar-refractivity contribution in [2.45, 2.75) is 6.18 Å². The van der Waals surface area contributed by atoms with Gasteiger partial charge in [-0.05, 0) is 60.2 Å². The summed E-state index contributed by atoms with van der Waals surface area (Å²) in [4.78, 5) is 0. The molecule has 8 heteroatoms. The zero-order chi connectivity index (χ0) is 33.2. The van der Waals surface area contributed by atoms with E-state index in [1.54, 1.807) is 36.4 Å². The summed E-state index contributed by atoms with van der Waals surface area (Å²) in [5.74, 6) is 0. The first-order valence-corrected chi connectivity index (χ1v) is 14.9. The van der Waals surface area contributed by atoms with Crippen molar-refractivity contribution < 1.29 is 13.2 Å². The third-order valence-corrected chi connectivity index (χ3v) is 8.85. The van der Waals surface area contributed by atoms with E-state index in [0.717, 1.165) is 38.6 Å². The topological polar surface area (TPSA) is 81.2 Å². The van der Waals surface area contributed by atoms with Gasteiger partial charge in [-0.1, -0.05) is 66.7 Å². The van der Waals surface area contributed by atoms with Gasteiger partial charge in [0, 0.05) is 27.1 Å². The van der Waals surface area contributed by atoms with Gasteiger partial charge in [0.1, 0.15) is 0 Å². The highest BCUT2D eigenvalue weighted by atomic mass is 19.4. The molecule has 2 heterocycles. The zero-order valence-electron chi connectivity index (χ0n) is 24.9. The average molecular weight is 628 g/mol. The second-order valence-electron chi connectivity index (χ2n) is 11.4. The highest BCUT2D eigenvalue weighted by Crippen LogP contribution is 2.43. The van der Waals surface area contributed by atoms with Crippen LogP contribution in [0.5, 0.6) is 0 Å². The third kappa shape index (κ3) is 4.23. The van der Waals surface area contributed by atoms with Crippen molar-refractivity contribution in [3.05, 3.63) is 144 Å². The van der Waals surface area contributed by atoms with Crippen LogP contribution in [-0.2, 0) is 6.18 Å². The number of fused-ring (bicyclic) bond motifs is 6. The van der Waals surface area contributed by atoms with Gasteiger partial charge >= 0.3 is 6.18 Å². The van der Waals surface area contributed by atoms with Crippen molar-refractivity contribution in [3.8, 4) is 40.7 Å². The predicted molar refractivity (Wildman–Crippen MR) is 180 cm³/mol. The Morgan fingerprint density at radius 2 is 0.938 bits per heavy atom. The monoisotopic (exact) mass is 627 g/mol. The van der Waals surface area contributed by atoms with Gasteiger partial charge in [0.2, 0.25) is 0 Å². The standard InChI is InChI=1S/C40H20F3N5/c41-40(42,43)33-10-4-1-7-27(33)32-20-39(48-35-12-6-3-9-29(35)31-16-14-25(22-45)18-37(31)48)38(19-26(32)23-46)47-34-11-5-2-8-28(34)30-15-13-24(21-44)17-36(30)47/h1-20H. The molecule has 0 atom stereocenters. The SMILES string of the molecule is N#Cc1ccc2c3ccccc3n(-c3cc(C#N)c(-c4ccccc4C(F)(F)F)cc3-n3c4ccccc4c4ccc(C#N)cc43)c2c1. The number of hydrogen-bond acceptors (Lipinski definition) is 3. The summed E-state index contributed by atoms with van der Waals surface area (Å²) in [6, 6.07) is 41.2. The van der Waals surface area contributed by atoms with Crippen LogP contribution in [0.2, 0.25) is 0 Å². The van der Waals surface area contributed by atoms with Crippen molar-refractivity contribution in [3.63, 3.8) is 0 Å². The first kappa shape index (κ1) is 28.6. The fourth-order valence-corrected chi connectivity index (χ4v) is 6.81. The van der Waals surface area contributed by atoms with Crippen molar-refractivity contribution >= 4 is 43.6 Å². The lowest BCUT2D eigenvalue weighted by Gasteiger charge is -2.21. The van der Waals surface area contributed by atoms with E-state index in [2.05, 4.69) is 18.2 Å². The molecule has 226 valence electrons. The molecule has 8 rings (SSSR count). The molecule has 0 aliphatic heterocycles. The smallest absolute Gasteiger partial charge is 0.307 e. The van der Waals surface area contributed by atoms with E-state index < -0.39 is 11.7 Å². The molecule has 5 nitrogen and oxygen atoms in total. The lowest BCUT2D eigenvalue weighted by Crippen LogP contribution is -2.09. The molecule has 0 spiro atoms. The number of aromatic nitrogens is 2. The molecule has 0 radical (unpaired) electrons. The summed E-state index contributed by atoms with van der Waals surface area (Å²) in [5.41, 5.74) is 3.97. The molecule has 0 fully saturated rings. The zero-order valence-corrected chi connectivity index (χ0v) is 24.9. The lowest BCUT2D eigenvalue weighted by molar-refractivity contribution is -0.137. The Hall–Kier alpha value is -6.82. The first-order valence-electron chi connectivity index (χ1n) is 14.9. The van der Waals surface area contributed by atoms with Gasteiger partial charge in [-0.15, -0.1) is 0 Å². The van der Waals surface area contributed by atoms with Crippen LogP contribution in [0.4, 0.5) is 13.2 Å². The van der Waals surface area contributed by atoms with Crippen LogP contribution >= 0.6 is 0 Å². The van der Waals surface area contributed by atoms with Gasteiger partial charge in [-0.25, -0.2) is 0 Å². The number of nitriles is 3. The van der Waals surface area contributed by atoms with E-state index >= 15 is 0 Å². The summed E-state index contributed by atoms with van der Waals surface area (Å²) < 4.78 is 47.1. The number of alkyl halides is 3. The number of halogens is 3. The maximum Gasteiger partial charge on any atom is 0.417 e. The maximum absolute atomic E-state index is 14.4. The van der Waals surface area contributed by atoms with Gasteiger partial charge in [0.15, 0.2) is 0 Å². The van der Waals surface area contributed by atoms with Gasteiger partial charge in [-0.2, -0.15) is 29.0 Å². The molecule has 0 unspecified atom stereocenters. The van der Waals surface area contributed by atoms with Crippen molar-refractivity contribution in [1.82, 2.24) is 9.13 Å². The fraction of sp³-hybridized carbons (Fsp3) is 0.0250. The highest BCUT2D eigenvalue weighted by molar-refractivity contribution is 6.12. The van der Waals surface area contributed by atoms with E-state index in [4.69, 9.17) is 0 Å². The Balaban J connectivity index is 1.61. The van der Waals surface area contributed by atoms with Crippen molar-refractivity contribution in [2.24, 2.45) is 0 Å². The minimum Gasteiger partial charge on any atom is -0.307 e. The number of hydrogen-bond donors (Lipinski definition) is 0. The van der Waals surface area contributed by atoms with Gasteiger partial charge in [-0.3, -0.25) is 0 Å². The molecule has 8 aromatic rings. The van der Waals surface area contributed by atoms with Crippen molar-refractivity contribution in [1.29, 1.82) is 15.8 Å². The van der Waals surface area contributed by atoms with Crippen molar-refractivity contribution in [2.75, 3.05) is 0 Å². The first-order chi connectivity index (χ1) is 23.3. The molecule has 0 bridgehead atoms. The summed E-state index contributed by atoms with van der Waals surface area (Å²) in [7, 11) is 0. The van der Waals surface area contributed by atoms with Crippen LogP contribution in [0.3, 0.4) is 0 Å². The molecule has 0 aliphatic rings. The fourth-order valence-electron chi connectivity index (χ4n) is 6.81. The van der Waals surface area contributed by atoms with E-state index in [-0.39, 0.29) is 16.7 Å². The Kier molecular flexibility index (Phi) is 6.34. The molecule has 48 heavy (non-hydrogen) atoms. The Bertz CT molecular complexity index is 2760. The number of benzene rings is 6. The van der Waals surface area contributed by atoms with Gasteiger partial charge < -0.3 is 9.13 Å². The average Bonchev–Trinajstić information content (AvgIpc) is 3.62. The largest absolute Gasteiger partial charge is 0.417 e. The van der Waals surface area contributed by atoms with Crippen LogP contribution in [0.1, 0.15) is 22.3 Å². The van der Waals surface area contributed by atoms with Crippen LogP contribution in [0, 0.1) is 34.0 Å². The summed E-state index contributed by atoms with van der Waals surface area (Å²) in [6.45, 7) is 0. The van der Waals surface area contributed by atoms with Crippen LogP contribution in [-0.4, -0.2) is 9.13 Å². The Morgan fingerprint density at radius 3 is 1.46 bits per heavy atom. The third-order valence-electron chi connectivity index (χ3n) is 8.85. The second kappa shape index (κ2) is 10.6. The Morgan fingerprint density at radius 1 is 0.458 bits per heavy atom. The summed E-state index contributed by atoms with van der Waals surface area (Å²) >= 11 is 0.